The fourth-order valence-corrected chi connectivity index (χ4v) is 2.52. The maximum absolute atomic E-state index is 6.10. The monoisotopic (exact) mass is 394 g/mol. The number of nitrogen functional groups attached to an aromatic ring is 1. The number of thioether (sulfide) groups is 1. The molecule has 0 aliphatic heterocycles. The van der Waals surface area contributed by atoms with Crippen LogP contribution < -0.4 is 16.0 Å². The van der Waals surface area contributed by atoms with E-state index in [0.29, 0.717) is 37.1 Å². The molecule has 0 unspecified atom stereocenters. The molecule has 1 aromatic heterocycles. The molecular weight excluding hydrogens is 387 g/mol. The molecule has 0 atom stereocenters. The predicted molar refractivity (Wildman–Crippen MR) is 85.9 cm³/mol. The van der Waals surface area contributed by atoms with E-state index < -0.39 is 0 Å². The standard InChI is InChI=1S/C11H9BrCl2N4OS/c1-20-11-16-9(18-15)4-10(17-11)19-8-3-6(13)5(12)2-7(8)14/h2-4H,15H2,1H3,(H,16,17,18). The summed E-state index contributed by atoms with van der Waals surface area (Å²) in [5, 5.41) is 1.42. The Labute approximate surface area is 138 Å². The van der Waals surface area contributed by atoms with Crippen LogP contribution >= 0.6 is 50.9 Å². The lowest BCUT2D eigenvalue weighted by molar-refractivity contribution is 0.456. The van der Waals surface area contributed by atoms with Crippen molar-refractivity contribution in [1.29, 1.82) is 0 Å². The molecule has 0 aliphatic carbocycles. The lowest BCUT2D eigenvalue weighted by atomic mass is 10.3. The Hall–Kier alpha value is -0.730. The second kappa shape index (κ2) is 6.82. The molecule has 0 fully saturated rings. The third-order valence-electron chi connectivity index (χ3n) is 2.20. The van der Waals surface area contributed by atoms with E-state index in [1.54, 1.807) is 18.2 Å². The van der Waals surface area contributed by atoms with E-state index >= 15 is 0 Å². The first-order chi connectivity index (χ1) is 9.53. The molecular formula is C11H9BrCl2N4OS. The number of nitrogens with two attached hydrogens (primary N) is 1. The molecule has 0 amide bonds. The zero-order valence-corrected chi connectivity index (χ0v) is 14.1. The van der Waals surface area contributed by atoms with Gasteiger partial charge in [-0.05, 0) is 28.3 Å². The van der Waals surface area contributed by atoms with Crippen LogP contribution in [-0.4, -0.2) is 16.2 Å². The summed E-state index contributed by atoms with van der Waals surface area (Å²) in [7, 11) is 0. The SMILES string of the molecule is CSc1nc(NN)cc(Oc2cc(Cl)c(Br)cc2Cl)n1. The van der Waals surface area contributed by atoms with Gasteiger partial charge in [0.05, 0.1) is 10.0 Å². The van der Waals surface area contributed by atoms with Crippen LogP contribution in [0.15, 0.2) is 27.8 Å². The number of rotatable bonds is 4. The van der Waals surface area contributed by atoms with E-state index in [1.807, 2.05) is 6.26 Å². The highest BCUT2D eigenvalue weighted by molar-refractivity contribution is 9.10. The van der Waals surface area contributed by atoms with Crippen molar-refractivity contribution in [3.8, 4) is 11.6 Å². The fourth-order valence-electron chi connectivity index (χ4n) is 1.32. The number of ether oxygens (including phenoxy) is 1. The smallest absolute Gasteiger partial charge is 0.225 e. The fraction of sp³-hybridized carbons (Fsp3) is 0.0909. The maximum atomic E-state index is 6.10. The second-order valence-corrected chi connectivity index (χ2v) is 5.96. The number of benzene rings is 1. The number of nitrogens with one attached hydrogen (secondary N) is 1. The molecule has 0 saturated heterocycles. The Balaban J connectivity index is 2.36. The average molecular weight is 396 g/mol. The summed E-state index contributed by atoms with van der Waals surface area (Å²) in [6.07, 6.45) is 1.85. The number of anilines is 1. The van der Waals surface area contributed by atoms with Crippen LogP contribution in [0.4, 0.5) is 5.82 Å². The topological polar surface area (TPSA) is 73.1 Å². The summed E-state index contributed by atoms with van der Waals surface area (Å²) in [6.45, 7) is 0. The number of nitrogens with zero attached hydrogens (tertiary/aromatic N) is 2. The van der Waals surface area contributed by atoms with Gasteiger partial charge in [-0.1, -0.05) is 35.0 Å². The highest BCUT2D eigenvalue weighted by Crippen LogP contribution is 2.36. The van der Waals surface area contributed by atoms with Crippen LogP contribution in [0.5, 0.6) is 11.6 Å². The van der Waals surface area contributed by atoms with Gasteiger partial charge in [0.25, 0.3) is 0 Å². The van der Waals surface area contributed by atoms with Crippen molar-refractivity contribution in [2.45, 2.75) is 5.16 Å². The molecule has 20 heavy (non-hydrogen) atoms. The van der Waals surface area contributed by atoms with Gasteiger partial charge in [-0.3, -0.25) is 0 Å². The van der Waals surface area contributed by atoms with Crippen molar-refractivity contribution < 1.29 is 4.74 Å². The second-order valence-electron chi connectivity index (χ2n) is 3.52. The molecule has 3 N–H and O–H groups in total. The van der Waals surface area contributed by atoms with Crippen molar-refractivity contribution >= 4 is 56.7 Å². The normalized spacial score (nSPS) is 10.4. The Morgan fingerprint density at radius 1 is 1.25 bits per heavy atom. The molecule has 106 valence electrons. The first-order valence-corrected chi connectivity index (χ1v) is 8.03. The van der Waals surface area contributed by atoms with E-state index in [2.05, 4.69) is 31.3 Å². The molecule has 0 saturated carbocycles. The Kier molecular flexibility index (Phi) is 5.34. The zero-order chi connectivity index (χ0) is 14.7. The van der Waals surface area contributed by atoms with Gasteiger partial charge in [-0.2, -0.15) is 4.98 Å². The summed E-state index contributed by atoms with van der Waals surface area (Å²) in [4.78, 5) is 8.34. The van der Waals surface area contributed by atoms with Crippen molar-refractivity contribution in [2.75, 3.05) is 11.7 Å². The molecule has 0 radical (unpaired) electrons. The number of hydrogen-bond acceptors (Lipinski definition) is 6. The predicted octanol–water partition coefficient (Wildman–Crippen LogP) is 4.35. The first kappa shape index (κ1) is 15.7. The largest absolute Gasteiger partial charge is 0.437 e. The molecule has 9 heteroatoms. The van der Waals surface area contributed by atoms with Crippen molar-refractivity contribution in [3.05, 3.63) is 32.7 Å². The van der Waals surface area contributed by atoms with Crippen LogP contribution in [-0.2, 0) is 0 Å². The summed E-state index contributed by atoms with van der Waals surface area (Å²) < 4.78 is 6.32. The van der Waals surface area contributed by atoms with Crippen molar-refractivity contribution in [2.24, 2.45) is 5.84 Å². The first-order valence-electron chi connectivity index (χ1n) is 5.25. The Morgan fingerprint density at radius 3 is 2.65 bits per heavy atom. The van der Waals surface area contributed by atoms with Crippen LogP contribution in [0, 0.1) is 0 Å². The molecule has 2 rings (SSSR count). The zero-order valence-electron chi connectivity index (χ0n) is 10.2. The molecule has 2 aromatic rings. The van der Waals surface area contributed by atoms with Crippen LogP contribution in [0.3, 0.4) is 0 Å². The van der Waals surface area contributed by atoms with Gasteiger partial charge in [-0.25, -0.2) is 10.8 Å². The van der Waals surface area contributed by atoms with Crippen molar-refractivity contribution in [1.82, 2.24) is 9.97 Å². The molecule has 1 heterocycles. The number of hydrazine groups is 1. The van der Waals surface area contributed by atoms with E-state index in [0.717, 1.165) is 0 Å². The summed E-state index contributed by atoms with van der Waals surface area (Å²) in [6, 6.07) is 4.81. The summed E-state index contributed by atoms with van der Waals surface area (Å²) in [5.74, 6) is 6.51. The van der Waals surface area contributed by atoms with Crippen molar-refractivity contribution in [3.63, 3.8) is 0 Å². The van der Waals surface area contributed by atoms with Crippen LogP contribution in [0.1, 0.15) is 0 Å². The van der Waals surface area contributed by atoms with E-state index in [1.165, 1.54) is 11.8 Å². The summed E-state index contributed by atoms with van der Waals surface area (Å²) >= 11 is 16.8. The quantitative estimate of drug-likeness (QED) is 0.263. The molecule has 5 nitrogen and oxygen atoms in total. The number of aromatic nitrogens is 2. The maximum Gasteiger partial charge on any atom is 0.225 e. The van der Waals surface area contributed by atoms with Crippen LogP contribution in [0.25, 0.3) is 0 Å². The van der Waals surface area contributed by atoms with E-state index in [4.69, 9.17) is 33.8 Å². The highest BCUT2D eigenvalue weighted by Gasteiger charge is 2.10. The average Bonchev–Trinajstić information content (AvgIpc) is 2.44. The number of hydrogen-bond donors (Lipinski definition) is 2. The summed E-state index contributed by atoms with van der Waals surface area (Å²) in [5.41, 5.74) is 2.45. The molecule has 0 bridgehead atoms. The lowest BCUT2D eigenvalue weighted by Gasteiger charge is -2.10. The van der Waals surface area contributed by atoms with E-state index in [9.17, 15) is 0 Å². The van der Waals surface area contributed by atoms with Gasteiger partial charge < -0.3 is 10.2 Å². The molecule has 0 aliphatic rings. The van der Waals surface area contributed by atoms with Gasteiger partial charge in [0.15, 0.2) is 5.16 Å². The lowest BCUT2D eigenvalue weighted by Crippen LogP contribution is -2.09. The van der Waals surface area contributed by atoms with E-state index in [-0.39, 0.29) is 0 Å². The Bertz CT molecular complexity index is 622. The van der Waals surface area contributed by atoms with Gasteiger partial charge in [0.1, 0.15) is 11.6 Å². The minimum Gasteiger partial charge on any atom is -0.437 e. The molecule has 1 aromatic carbocycles. The van der Waals surface area contributed by atoms with Gasteiger partial charge >= 0.3 is 0 Å². The van der Waals surface area contributed by atoms with Gasteiger partial charge in [-0.15, -0.1) is 0 Å². The van der Waals surface area contributed by atoms with Crippen LogP contribution in [0.2, 0.25) is 10.0 Å². The highest BCUT2D eigenvalue weighted by atomic mass is 79.9. The van der Waals surface area contributed by atoms with Gasteiger partial charge in [0.2, 0.25) is 5.88 Å². The third kappa shape index (κ3) is 3.67. The van der Waals surface area contributed by atoms with Gasteiger partial charge in [0, 0.05) is 16.6 Å². The number of halogens is 3. The minimum atomic E-state index is 0.317. The molecule has 0 spiro atoms. The Morgan fingerprint density at radius 2 is 2.00 bits per heavy atom. The minimum absolute atomic E-state index is 0.317. The third-order valence-corrected chi connectivity index (χ3v) is 4.24.